The number of nitrogens with one attached hydrogen (secondary N) is 1. The molecule has 19 heavy (non-hydrogen) atoms. The number of carboxylic acids is 1. The van der Waals surface area contributed by atoms with Gasteiger partial charge in [-0.25, -0.2) is 4.79 Å². The van der Waals surface area contributed by atoms with Crippen LogP contribution in [0.3, 0.4) is 0 Å². The van der Waals surface area contributed by atoms with Gasteiger partial charge in [-0.2, -0.15) is 0 Å². The fourth-order valence-corrected chi connectivity index (χ4v) is 2.51. The molecule has 0 aliphatic carbocycles. The van der Waals surface area contributed by atoms with E-state index in [0.29, 0.717) is 17.9 Å². The molecule has 1 amide bonds. The number of carboxylic acid groups (broad SMARTS) is 1. The lowest BCUT2D eigenvalue weighted by molar-refractivity contribution is -0.139. The first-order valence-corrected chi connectivity index (χ1v) is 7.07. The van der Waals surface area contributed by atoms with E-state index in [1.54, 1.807) is 12.5 Å². The summed E-state index contributed by atoms with van der Waals surface area (Å²) in [5.41, 5.74) is 0.782. The lowest BCUT2D eigenvalue weighted by Gasteiger charge is -2.14. The van der Waals surface area contributed by atoms with Gasteiger partial charge in [0, 0.05) is 12.7 Å². The van der Waals surface area contributed by atoms with Gasteiger partial charge in [0.25, 0.3) is 5.91 Å². The van der Waals surface area contributed by atoms with Crippen molar-refractivity contribution < 1.29 is 19.4 Å². The molecule has 1 aromatic rings. The second-order valence-corrected chi connectivity index (χ2v) is 5.13. The predicted octanol–water partition coefficient (Wildman–Crippen LogP) is 2.27. The van der Waals surface area contributed by atoms with E-state index >= 15 is 0 Å². The van der Waals surface area contributed by atoms with Gasteiger partial charge in [0.1, 0.15) is 6.04 Å². The number of rotatable bonds is 8. The number of hydrogen-bond acceptors (Lipinski definition) is 4. The molecule has 5 nitrogen and oxygen atoms in total. The SMILES string of the molecule is CCCCC(NC(=O)c1sccc1COC)C(=O)O. The molecule has 1 heterocycles. The summed E-state index contributed by atoms with van der Waals surface area (Å²) in [4.78, 5) is 23.7. The van der Waals surface area contributed by atoms with Crippen molar-refractivity contribution in [3.63, 3.8) is 0 Å². The van der Waals surface area contributed by atoms with Gasteiger partial charge < -0.3 is 15.2 Å². The van der Waals surface area contributed by atoms with Crippen LogP contribution in [0.25, 0.3) is 0 Å². The molecule has 2 N–H and O–H groups in total. The summed E-state index contributed by atoms with van der Waals surface area (Å²) >= 11 is 1.29. The molecule has 1 atom stereocenters. The summed E-state index contributed by atoms with van der Waals surface area (Å²) in [5.74, 6) is -1.34. The van der Waals surface area contributed by atoms with Crippen molar-refractivity contribution in [1.29, 1.82) is 0 Å². The van der Waals surface area contributed by atoms with Gasteiger partial charge in [-0.05, 0) is 17.9 Å². The molecule has 0 saturated heterocycles. The number of amides is 1. The van der Waals surface area contributed by atoms with Crippen molar-refractivity contribution in [2.24, 2.45) is 0 Å². The first-order valence-electron chi connectivity index (χ1n) is 6.19. The van der Waals surface area contributed by atoms with E-state index in [0.717, 1.165) is 18.4 Å². The zero-order valence-corrected chi connectivity index (χ0v) is 12.0. The topological polar surface area (TPSA) is 75.6 Å². The second kappa shape index (κ2) is 7.91. The van der Waals surface area contributed by atoms with Crippen molar-refractivity contribution >= 4 is 23.2 Å². The third-order valence-corrected chi connectivity index (χ3v) is 3.66. The van der Waals surface area contributed by atoms with Crippen LogP contribution in [-0.2, 0) is 16.1 Å². The monoisotopic (exact) mass is 285 g/mol. The number of carbonyl (C=O) groups excluding carboxylic acids is 1. The molecule has 0 saturated carbocycles. The van der Waals surface area contributed by atoms with E-state index in [4.69, 9.17) is 9.84 Å². The molecule has 1 rings (SSSR count). The van der Waals surface area contributed by atoms with Crippen molar-refractivity contribution in [1.82, 2.24) is 5.32 Å². The molecular weight excluding hydrogens is 266 g/mol. The number of carbonyl (C=O) groups is 2. The second-order valence-electron chi connectivity index (χ2n) is 4.21. The molecule has 0 fully saturated rings. The highest BCUT2D eigenvalue weighted by molar-refractivity contribution is 7.12. The average Bonchev–Trinajstić information content (AvgIpc) is 2.82. The van der Waals surface area contributed by atoms with Gasteiger partial charge in [0.05, 0.1) is 11.5 Å². The first kappa shape index (κ1) is 15.7. The van der Waals surface area contributed by atoms with E-state index in [1.807, 2.05) is 13.0 Å². The Labute approximate surface area is 116 Å². The van der Waals surface area contributed by atoms with Crippen LogP contribution in [0.15, 0.2) is 11.4 Å². The smallest absolute Gasteiger partial charge is 0.326 e. The van der Waals surface area contributed by atoms with E-state index in [9.17, 15) is 9.59 Å². The normalized spacial score (nSPS) is 12.1. The van der Waals surface area contributed by atoms with Crippen molar-refractivity contribution in [3.8, 4) is 0 Å². The number of ether oxygens (including phenoxy) is 1. The summed E-state index contributed by atoms with van der Waals surface area (Å²) in [5, 5.41) is 13.4. The quantitative estimate of drug-likeness (QED) is 0.768. The Morgan fingerprint density at radius 1 is 1.53 bits per heavy atom. The number of aliphatic carboxylic acids is 1. The maximum atomic E-state index is 12.1. The Morgan fingerprint density at radius 3 is 2.84 bits per heavy atom. The maximum Gasteiger partial charge on any atom is 0.326 e. The number of hydrogen-bond donors (Lipinski definition) is 2. The Hall–Kier alpha value is -1.40. The van der Waals surface area contributed by atoms with Crippen molar-refractivity contribution in [2.75, 3.05) is 7.11 Å². The standard InChI is InChI=1S/C13H19NO4S/c1-3-4-5-10(13(16)17)14-12(15)11-9(8-18-2)6-7-19-11/h6-7,10H,3-5,8H2,1-2H3,(H,14,15)(H,16,17). The summed E-state index contributed by atoms with van der Waals surface area (Å²) in [6.07, 6.45) is 2.11. The highest BCUT2D eigenvalue weighted by Gasteiger charge is 2.22. The van der Waals surface area contributed by atoms with Gasteiger partial charge in [-0.3, -0.25) is 4.79 Å². The lowest BCUT2D eigenvalue weighted by atomic mass is 10.1. The minimum atomic E-state index is -0.994. The van der Waals surface area contributed by atoms with Gasteiger partial charge in [-0.15, -0.1) is 11.3 Å². The summed E-state index contributed by atoms with van der Waals surface area (Å²) in [7, 11) is 1.56. The van der Waals surface area contributed by atoms with Crippen LogP contribution in [0.5, 0.6) is 0 Å². The summed E-state index contributed by atoms with van der Waals surface area (Å²) in [6, 6.07) is 0.982. The van der Waals surface area contributed by atoms with Gasteiger partial charge in [0.2, 0.25) is 0 Å². The van der Waals surface area contributed by atoms with Crippen LogP contribution in [0.4, 0.5) is 0 Å². The van der Waals surface area contributed by atoms with Crippen LogP contribution in [0, 0.1) is 0 Å². The molecular formula is C13H19NO4S. The van der Waals surface area contributed by atoms with Gasteiger partial charge >= 0.3 is 5.97 Å². The van der Waals surface area contributed by atoms with E-state index in [1.165, 1.54) is 11.3 Å². The average molecular weight is 285 g/mol. The number of thiophene rings is 1. The van der Waals surface area contributed by atoms with Crippen LogP contribution in [-0.4, -0.2) is 30.1 Å². The molecule has 1 aromatic heterocycles. The van der Waals surface area contributed by atoms with Crippen LogP contribution in [0.1, 0.15) is 41.4 Å². The third-order valence-electron chi connectivity index (χ3n) is 2.70. The third kappa shape index (κ3) is 4.65. The minimum absolute atomic E-state index is 0.342. The fourth-order valence-electron chi connectivity index (χ4n) is 1.69. The Bertz CT molecular complexity index is 430. The molecule has 0 aliphatic heterocycles. The van der Waals surface area contributed by atoms with Gasteiger partial charge in [-0.1, -0.05) is 19.8 Å². The predicted molar refractivity (Wildman–Crippen MR) is 73.4 cm³/mol. The van der Waals surface area contributed by atoms with Crippen LogP contribution < -0.4 is 5.32 Å². The molecule has 6 heteroatoms. The Kier molecular flexibility index (Phi) is 6.52. The first-order chi connectivity index (χ1) is 9.10. The van der Waals surface area contributed by atoms with Crippen LogP contribution >= 0.6 is 11.3 Å². The number of methoxy groups -OCH3 is 1. The Balaban J connectivity index is 2.70. The van der Waals surface area contributed by atoms with Gasteiger partial charge in [0.15, 0.2) is 0 Å². The van der Waals surface area contributed by atoms with E-state index < -0.39 is 12.0 Å². The van der Waals surface area contributed by atoms with E-state index in [-0.39, 0.29) is 5.91 Å². The van der Waals surface area contributed by atoms with Crippen molar-refractivity contribution in [3.05, 3.63) is 21.9 Å². The largest absolute Gasteiger partial charge is 0.480 e. The highest BCUT2D eigenvalue weighted by Crippen LogP contribution is 2.18. The highest BCUT2D eigenvalue weighted by atomic mass is 32.1. The molecule has 0 radical (unpaired) electrons. The van der Waals surface area contributed by atoms with Crippen molar-refractivity contribution in [2.45, 2.75) is 38.8 Å². The Morgan fingerprint density at radius 2 is 2.26 bits per heavy atom. The molecule has 106 valence electrons. The summed E-state index contributed by atoms with van der Waals surface area (Å²) in [6.45, 7) is 2.33. The van der Waals surface area contributed by atoms with E-state index in [2.05, 4.69) is 5.32 Å². The summed E-state index contributed by atoms with van der Waals surface area (Å²) < 4.78 is 5.00. The molecule has 0 aromatic carbocycles. The molecule has 0 spiro atoms. The lowest BCUT2D eigenvalue weighted by Crippen LogP contribution is -2.40. The molecule has 1 unspecified atom stereocenters. The zero-order chi connectivity index (χ0) is 14.3. The minimum Gasteiger partial charge on any atom is -0.480 e. The molecule has 0 bridgehead atoms. The number of unbranched alkanes of at least 4 members (excludes halogenated alkanes) is 1. The fraction of sp³-hybridized carbons (Fsp3) is 0.538. The zero-order valence-electron chi connectivity index (χ0n) is 11.1. The maximum absolute atomic E-state index is 12.1. The van der Waals surface area contributed by atoms with Crippen LogP contribution in [0.2, 0.25) is 0 Å². The molecule has 0 aliphatic rings.